The van der Waals surface area contributed by atoms with Gasteiger partial charge in [-0.2, -0.15) is 0 Å². The fourth-order valence-corrected chi connectivity index (χ4v) is 3.13. The van der Waals surface area contributed by atoms with Gasteiger partial charge in [-0.25, -0.2) is 0 Å². The van der Waals surface area contributed by atoms with Gasteiger partial charge in [0.25, 0.3) is 0 Å². The zero-order chi connectivity index (χ0) is 10.5. The van der Waals surface area contributed by atoms with E-state index in [0.29, 0.717) is 11.8 Å². The number of likely N-dealkylation sites (tertiary alicyclic amines) is 1. The summed E-state index contributed by atoms with van der Waals surface area (Å²) in [5, 5.41) is 0. The van der Waals surface area contributed by atoms with Crippen molar-refractivity contribution in [1.29, 1.82) is 0 Å². The summed E-state index contributed by atoms with van der Waals surface area (Å²) >= 11 is 0. The van der Waals surface area contributed by atoms with E-state index in [1.165, 1.54) is 6.42 Å². The minimum absolute atomic E-state index is 0.0261. The van der Waals surface area contributed by atoms with E-state index in [2.05, 4.69) is 12.2 Å². The Morgan fingerprint density at radius 3 is 2.60 bits per heavy atom. The van der Waals surface area contributed by atoms with Crippen molar-refractivity contribution in [3.8, 4) is 0 Å². The number of nitrogens with zero attached hydrogens (tertiary/aromatic N) is 1. The summed E-state index contributed by atoms with van der Waals surface area (Å²) in [7, 11) is 0. The molecule has 0 radical (unpaired) electrons. The molecule has 1 aliphatic heterocycles. The number of amides is 1. The molecule has 0 unspecified atom stereocenters. The van der Waals surface area contributed by atoms with Crippen LogP contribution in [0.2, 0.25) is 0 Å². The first kappa shape index (κ1) is 9.40. The molecule has 0 aromatic heterocycles. The number of carbonyl (C=O) groups is 1. The van der Waals surface area contributed by atoms with Gasteiger partial charge in [0.05, 0.1) is 0 Å². The number of rotatable bonds is 1. The maximum atomic E-state index is 12.1. The average molecular weight is 206 g/mol. The van der Waals surface area contributed by atoms with Crippen molar-refractivity contribution in [2.75, 3.05) is 13.1 Å². The van der Waals surface area contributed by atoms with Gasteiger partial charge in [0.2, 0.25) is 5.91 Å². The van der Waals surface area contributed by atoms with Gasteiger partial charge in [-0.05, 0) is 31.6 Å². The van der Waals surface area contributed by atoms with Crippen LogP contribution in [-0.2, 0) is 4.79 Å². The van der Waals surface area contributed by atoms with E-state index in [0.717, 1.165) is 32.4 Å². The summed E-state index contributed by atoms with van der Waals surface area (Å²) in [6.45, 7) is 1.71. The van der Waals surface area contributed by atoms with Crippen molar-refractivity contribution in [2.45, 2.75) is 31.2 Å². The molecule has 0 aromatic carbocycles. The first-order valence-electron chi connectivity index (χ1n) is 5.92. The van der Waals surface area contributed by atoms with E-state index < -0.39 is 0 Å². The van der Waals surface area contributed by atoms with E-state index in [1.54, 1.807) is 0 Å². The Balaban J connectivity index is 1.66. The molecule has 0 aromatic rings. The highest BCUT2D eigenvalue weighted by Gasteiger charge is 2.51. The van der Waals surface area contributed by atoms with E-state index >= 15 is 0 Å². The smallest absolute Gasteiger partial charge is 0.226 e. The fourth-order valence-electron chi connectivity index (χ4n) is 3.13. The molecule has 1 amide bonds. The van der Waals surface area contributed by atoms with E-state index in [1.807, 2.05) is 4.90 Å². The quantitative estimate of drug-likeness (QED) is 0.648. The van der Waals surface area contributed by atoms with Gasteiger partial charge in [0, 0.05) is 24.5 Å². The lowest BCUT2D eigenvalue weighted by atomic mass is 9.70. The highest BCUT2D eigenvalue weighted by atomic mass is 16.2. The lowest BCUT2D eigenvalue weighted by Gasteiger charge is -2.40. The zero-order valence-corrected chi connectivity index (χ0v) is 8.98. The molecule has 2 fully saturated rings. The molecule has 15 heavy (non-hydrogen) atoms. The highest BCUT2D eigenvalue weighted by Crippen LogP contribution is 2.43. The second kappa shape index (κ2) is 3.08. The second-order valence-corrected chi connectivity index (χ2v) is 5.33. The summed E-state index contributed by atoms with van der Waals surface area (Å²) in [4.78, 5) is 14.1. The van der Waals surface area contributed by atoms with Crippen molar-refractivity contribution >= 4 is 5.91 Å². The van der Waals surface area contributed by atoms with Crippen molar-refractivity contribution in [3.05, 3.63) is 12.2 Å². The maximum absolute atomic E-state index is 12.1. The minimum atomic E-state index is -0.0261. The molecule has 2 atom stereocenters. The SMILES string of the molecule is N[C@]12CC[C@H]1CN(C(=O)C1CC=CC1)C2. The van der Waals surface area contributed by atoms with Crippen LogP contribution in [0, 0.1) is 11.8 Å². The van der Waals surface area contributed by atoms with Crippen molar-refractivity contribution in [3.63, 3.8) is 0 Å². The van der Waals surface area contributed by atoms with Crippen molar-refractivity contribution < 1.29 is 4.79 Å². The largest absolute Gasteiger partial charge is 0.340 e. The van der Waals surface area contributed by atoms with Crippen LogP contribution in [0.15, 0.2) is 12.2 Å². The summed E-state index contributed by atoms with van der Waals surface area (Å²) in [6.07, 6.45) is 8.40. The molecule has 0 spiro atoms. The molecule has 3 nitrogen and oxygen atoms in total. The molecular formula is C12H18N2O. The minimum Gasteiger partial charge on any atom is -0.340 e. The van der Waals surface area contributed by atoms with E-state index in [4.69, 9.17) is 5.73 Å². The molecule has 2 aliphatic carbocycles. The fraction of sp³-hybridized carbons (Fsp3) is 0.750. The third-order valence-electron chi connectivity index (χ3n) is 4.37. The monoisotopic (exact) mass is 206 g/mol. The van der Waals surface area contributed by atoms with Crippen LogP contribution in [0.5, 0.6) is 0 Å². The number of fused-ring (bicyclic) bond motifs is 1. The molecule has 1 saturated heterocycles. The van der Waals surface area contributed by atoms with E-state index in [-0.39, 0.29) is 11.5 Å². The van der Waals surface area contributed by atoms with Crippen LogP contribution in [0.3, 0.4) is 0 Å². The molecule has 3 aliphatic rings. The Kier molecular flexibility index (Phi) is 1.93. The molecule has 1 saturated carbocycles. The average Bonchev–Trinajstić information content (AvgIpc) is 2.80. The normalized spacial score (nSPS) is 39.3. The van der Waals surface area contributed by atoms with Crippen LogP contribution < -0.4 is 5.73 Å². The lowest BCUT2D eigenvalue weighted by molar-refractivity contribution is -0.134. The number of hydrogen-bond acceptors (Lipinski definition) is 2. The first-order chi connectivity index (χ1) is 7.19. The van der Waals surface area contributed by atoms with Gasteiger partial charge in [-0.1, -0.05) is 12.2 Å². The Morgan fingerprint density at radius 2 is 2.13 bits per heavy atom. The Labute approximate surface area is 90.3 Å². The van der Waals surface area contributed by atoms with Crippen molar-refractivity contribution in [2.24, 2.45) is 17.6 Å². The van der Waals surface area contributed by atoms with Crippen LogP contribution in [0.1, 0.15) is 25.7 Å². The Morgan fingerprint density at radius 1 is 1.40 bits per heavy atom. The van der Waals surface area contributed by atoms with E-state index in [9.17, 15) is 4.79 Å². The Hall–Kier alpha value is -0.830. The summed E-state index contributed by atoms with van der Waals surface area (Å²) < 4.78 is 0. The standard InChI is InChI=1S/C12H18N2O/c13-12-6-5-10(12)7-14(8-12)11(15)9-3-1-2-4-9/h1-2,9-10H,3-8,13H2/t10-,12-/m0/s1. The summed E-state index contributed by atoms with van der Waals surface area (Å²) in [6, 6.07) is 0. The molecule has 0 bridgehead atoms. The van der Waals surface area contributed by atoms with Crippen molar-refractivity contribution in [1.82, 2.24) is 4.90 Å². The molecule has 3 rings (SSSR count). The first-order valence-corrected chi connectivity index (χ1v) is 5.92. The zero-order valence-electron chi connectivity index (χ0n) is 8.98. The molecule has 1 heterocycles. The number of hydrogen-bond donors (Lipinski definition) is 1. The molecule has 3 heteroatoms. The van der Waals surface area contributed by atoms with Gasteiger partial charge in [-0.3, -0.25) is 4.79 Å². The predicted molar refractivity (Wildman–Crippen MR) is 58.1 cm³/mol. The van der Waals surface area contributed by atoms with Gasteiger partial charge in [0.15, 0.2) is 0 Å². The molecule has 82 valence electrons. The van der Waals surface area contributed by atoms with Gasteiger partial charge < -0.3 is 10.6 Å². The topological polar surface area (TPSA) is 46.3 Å². The number of nitrogens with two attached hydrogens (primary N) is 1. The highest BCUT2D eigenvalue weighted by molar-refractivity contribution is 5.80. The van der Waals surface area contributed by atoms with Crippen LogP contribution in [0.4, 0.5) is 0 Å². The lowest BCUT2D eigenvalue weighted by Crippen LogP contribution is -2.54. The van der Waals surface area contributed by atoms with Crippen LogP contribution >= 0.6 is 0 Å². The van der Waals surface area contributed by atoms with Gasteiger partial charge in [-0.15, -0.1) is 0 Å². The third-order valence-corrected chi connectivity index (χ3v) is 4.37. The molecule has 2 N–H and O–H groups in total. The van der Waals surface area contributed by atoms with Crippen LogP contribution in [-0.4, -0.2) is 29.4 Å². The van der Waals surface area contributed by atoms with Gasteiger partial charge >= 0.3 is 0 Å². The maximum Gasteiger partial charge on any atom is 0.226 e. The summed E-state index contributed by atoms with van der Waals surface area (Å²) in [5.74, 6) is 1.13. The van der Waals surface area contributed by atoms with Crippen LogP contribution in [0.25, 0.3) is 0 Å². The third kappa shape index (κ3) is 1.33. The second-order valence-electron chi connectivity index (χ2n) is 5.33. The number of carbonyl (C=O) groups excluding carboxylic acids is 1. The number of allylic oxidation sites excluding steroid dienone is 2. The Bertz CT molecular complexity index is 318. The predicted octanol–water partition coefficient (Wildman–Crippen LogP) is 0.902. The van der Waals surface area contributed by atoms with Gasteiger partial charge in [0.1, 0.15) is 0 Å². The molecular weight excluding hydrogens is 188 g/mol. The summed E-state index contributed by atoms with van der Waals surface area (Å²) in [5.41, 5.74) is 6.20.